The Balaban J connectivity index is 1.03. The van der Waals surface area contributed by atoms with Crippen molar-refractivity contribution in [2.45, 2.75) is 124 Å². The third kappa shape index (κ3) is 8.83. The molecule has 0 amide bonds. The quantitative estimate of drug-likeness (QED) is 0.0755. The number of benzene rings is 8. The van der Waals surface area contributed by atoms with E-state index in [0.29, 0.717) is 13.2 Å². The Morgan fingerprint density at radius 2 is 0.973 bits per heavy atom. The molecule has 73 heavy (non-hydrogen) atoms. The lowest BCUT2D eigenvalue weighted by Crippen LogP contribution is -2.26. The van der Waals surface area contributed by atoms with Gasteiger partial charge in [0.05, 0.1) is 37.1 Å². The highest BCUT2D eigenvalue weighted by Crippen LogP contribution is 2.65. The van der Waals surface area contributed by atoms with Gasteiger partial charge in [-0.25, -0.2) is 0 Å². The first-order valence-corrected chi connectivity index (χ1v) is 27.3. The molecule has 0 bridgehead atoms. The van der Waals surface area contributed by atoms with E-state index in [0.717, 1.165) is 86.1 Å². The van der Waals surface area contributed by atoms with Crippen LogP contribution in [-0.4, -0.2) is 20.3 Å². The number of ether oxygens (including phenoxy) is 4. The van der Waals surface area contributed by atoms with Crippen LogP contribution in [0.2, 0.25) is 0 Å². The second kappa shape index (κ2) is 20.5. The van der Waals surface area contributed by atoms with Crippen LogP contribution in [0.4, 0.5) is 17.1 Å². The SMILES string of the molecule is CCCCCCCCOc1cc2c(cc1OCCCCCCCC)C1(c3cc(C)ccc3-c3ccc(-c4ccc5c(c4)Oc4cc(C)ccc4N5c4ccc5cc(OC)ccc5c4)cc31)c1cc(C)c(C)cc1-2. The van der Waals surface area contributed by atoms with E-state index < -0.39 is 5.41 Å². The van der Waals surface area contributed by atoms with Crippen molar-refractivity contribution < 1.29 is 18.9 Å². The number of hydrogen-bond donors (Lipinski definition) is 0. The highest BCUT2D eigenvalue weighted by Gasteiger charge is 2.52. The van der Waals surface area contributed by atoms with Crippen LogP contribution in [0.1, 0.15) is 135 Å². The molecule has 1 atom stereocenters. The Kier molecular flexibility index (Phi) is 13.6. The fourth-order valence-corrected chi connectivity index (χ4v) is 12.0. The molecule has 0 saturated heterocycles. The molecule has 5 nitrogen and oxygen atoms in total. The van der Waals surface area contributed by atoms with E-state index in [4.69, 9.17) is 18.9 Å². The molecule has 3 aliphatic rings. The van der Waals surface area contributed by atoms with Crippen LogP contribution in [0, 0.1) is 27.7 Å². The molecular weight excluding hydrogens is 895 g/mol. The van der Waals surface area contributed by atoms with Crippen LogP contribution < -0.4 is 23.8 Å². The fraction of sp³-hybridized carbons (Fsp3) is 0.324. The molecule has 8 aromatic rings. The van der Waals surface area contributed by atoms with E-state index in [1.54, 1.807) is 7.11 Å². The van der Waals surface area contributed by atoms with Gasteiger partial charge in [-0.15, -0.1) is 0 Å². The average molecular weight is 966 g/mol. The number of unbranched alkanes of at least 4 members (excludes halogenated alkanes) is 10. The predicted molar refractivity (Wildman–Crippen MR) is 304 cm³/mol. The van der Waals surface area contributed by atoms with Gasteiger partial charge in [-0.2, -0.15) is 0 Å². The lowest BCUT2D eigenvalue weighted by Gasteiger charge is -2.33. The van der Waals surface area contributed by atoms with Crippen molar-refractivity contribution in [2.24, 2.45) is 0 Å². The van der Waals surface area contributed by atoms with Gasteiger partial charge in [0, 0.05) is 5.69 Å². The number of rotatable bonds is 19. The maximum atomic E-state index is 6.93. The zero-order valence-corrected chi connectivity index (χ0v) is 44.2. The average Bonchev–Trinajstić information content (AvgIpc) is 3.83. The number of hydrogen-bond acceptors (Lipinski definition) is 5. The fourth-order valence-electron chi connectivity index (χ4n) is 12.0. The minimum Gasteiger partial charge on any atom is -0.497 e. The topological polar surface area (TPSA) is 40.2 Å². The molecule has 0 radical (unpaired) electrons. The molecule has 1 aliphatic heterocycles. The Labute approximate surface area is 434 Å². The summed E-state index contributed by atoms with van der Waals surface area (Å²) in [5.74, 6) is 4.23. The minimum absolute atomic E-state index is 0.579. The first kappa shape index (κ1) is 48.3. The van der Waals surface area contributed by atoms with Crippen LogP contribution in [-0.2, 0) is 5.41 Å². The molecule has 8 aromatic carbocycles. The van der Waals surface area contributed by atoms with Crippen molar-refractivity contribution in [3.8, 4) is 62.1 Å². The highest BCUT2D eigenvalue weighted by atomic mass is 16.5. The summed E-state index contributed by atoms with van der Waals surface area (Å²) in [5, 5.41) is 2.28. The summed E-state index contributed by atoms with van der Waals surface area (Å²) >= 11 is 0. The van der Waals surface area contributed by atoms with E-state index in [1.807, 2.05) is 6.07 Å². The van der Waals surface area contributed by atoms with Crippen LogP contribution >= 0.6 is 0 Å². The Morgan fingerprint density at radius 1 is 0.438 bits per heavy atom. The summed E-state index contributed by atoms with van der Waals surface area (Å²) in [6.07, 6.45) is 14.6. The van der Waals surface area contributed by atoms with Gasteiger partial charge in [0.1, 0.15) is 5.75 Å². The lowest BCUT2D eigenvalue weighted by atomic mass is 9.69. The third-order valence-electron chi connectivity index (χ3n) is 16.0. The van der Waals surface area contributed by atoms with E-state index in [-0.39, 0.29) is 0 Å². The molecule has 1 spiro atoms. The van der Waals surface area contributed by atoms with E-state index in [1.165, 1.54) is 125 Å². The van der Waals surface area contributed by atoms with Crippen molar-refractivity contribution in [2.75, 3.05) is 25.2 Å². The highest BCUT2D eigenvalue weighted by molar-refractivity contribution is 5.98. The van der Waals surface area contributed by atoms with Crippen LogP contribution in [0.25, 0.3) is 44.2 Å². The van der Waals surface area contributed by atoms with Crippen molar-refractivity contribution >= 4 is 27.8 Å². The van der Waals surface area contributed by atoms with Crippen molar-refractivity contribution in [1.29, 1.82) is 0 Å². The summed E-state index contributed by atoms with van der Waals surface area (Å²) in [4.78, 5) is 2.34. The summed E-state index contributed by atoms with van der Waals surface area (Å²) in [6, 6.07) is 50.0. The lowest BCUT2D eigenvalue weighted by molar-refractivity contribution is 0.258. The van der Waals surface area contributed by atoms with E-state index in [2.05, 4.69) is 174 Å². The molecule has 1 unspecified atom stereocenters. The summed E-state index contributed by atoms with van der Waals surface area (Å²) in [6.45, 7) is 14.8. The number of nitrogens with zero attached hydrogens (tertiary/aromatic N) is 1. The van der Waals surface area contributed by atoms with E-state index >= 15 is 0 Å². The van der Waals surface area contributed by atoms with Gasteiger partial charge in [-0.05, 0) is 190 Å². The van der Waals surface area contributed by atoms with Crippen molar-refractivity contribution in [1.82, 2.24) is 0 Å². The predicted octanol–water partition coefficient (Wildman–Crippen LogP) is 19.1. The molecule has 0 saturated carbocycles. The van der Waals surface area contributed by atoms with E-state index in [9.17, 15) is 0 Å². The first-order chi connectivity index (χ1) is 35.7. The molecular formula is C68H71NO4. The summed E-state index contributed by atoms with van der Waals surface area (Å²) in [7, 11) is 1.72. The monoisotopic (exact) mass is 966 g/mol. The largest absolute Gasteiger partial charge is 0.497 e. The van der Waals surface area contributed by atoms with Gasteiger partial charge in [0.25, 0.3) is 0 Å². The standard InChI is InChI=1S/C68H71NO4/c1-8-10-12-14-16-18-32-71-66-42-57-56-36-46(5)47(6)37-59(56)68(61(57)43-67(66)72-33-19-17-15-13-11-9-2)58-34-44(3)20-28-54(58)55-29-24-50(40-60(55)68)51-25-31-63-65(41-51)73-64-35-45(4)21-30-62(64)69(63)52-26-22-49-39-53(70-7)27-23-48(49)38-52/h20-31,34-43H,8-19,32-33H2,1-7H3. The number of fused-ring (bicyclic) bond motifs is 13. The van der Waals surface area contributed by atoms with Gasteiger partial charge in [-0.3, -0.25) is 0 Å². The Morgan fingerprint density at radius 3 is 1.71 bits per heavy atom. The molecule has 11 rings (SSSR count). The number of aryl methyl sites for hydroxylation is 4. The van der Waals surface area contributed by atoms with Crippen molar-refractivity contribution in [3.05, 3.63) is 178 Å². The Bertz CT molecular complexity index is 3370. The van der Waals surface area contributed by atoms with Crippen LogP contribution in [0.3, 0.4) is 0 Å². The summed E-state index contributed by atoms with van der Waals surface area (Å²) < 4.78 is 26.2. The molecule has 0 N–H and O–H groups in total. The minimum atomic E-state index is -0.579. The van der Waals surface area contributed by atoms with Gasteiger partial charge in [0.15, 0.2) is 23.0 Å². The second-order valence-corrected chi connectivity index (χ2v) is 21.1. The van der Waals surface area contributed by atoms with Gasteiger partial charge in [-0.1, -0.05) is 150 Å². The zero-order valence-electron chi connectivity index (χ0n) is 44.2. The zero-order chi connectivity index (χ0) is 50.2. The normalized spacial score (nSPS) is 14.6. The van der Waals surface area contributed by atoms with Gasteiger partial charge >= 0.3 is 0 Å². The smallest absolute Gasteiger partial charge is 0.161 e. The maximum absolute atomic E-state index is 6.93. The third-order valence-corrected chi connectivity index (χ3v) is 16.0. The molecule has 1 heterocycles. The first-order valence-electron chi connectivity index (χ1n) is 27.3. The van der Waals surface area contributed by atoms with Crippen LogP contribution in [0.5, 0.6) is 28.7 Å². The molecule has 5 heteroatoms. The Hall–Kier alpha value is -6.98. The molecule has 0 fully saturated rings. The van der Waals surface area contributed by atoms with Gasteiger partial charge in [0.2, 0.25) is 0 Å². The maximum Gasteiger partial charge on any atom is 0.161 e. The second-order valence-electron chi connectivity index (χ2n) is 21.1. The molecule has 372 valence electrons. The van der Waals surface area contributed by atoms with Gasteiger partial charge < -0.3 is 23.8 Å². The van der Waals surface area contributed by atoms with Crippen molar-refractivity contribution in [3.63, 3.8) is 0 Å². The number of methoxy groups -OCH3 is 1. The molecule has 2 aliphatic carbocycles. The number of anilines is 3. The summed E-state index contributed by atoms with van der Waals surface area (Å²) in [5.41, 5.74) is 20.0. The van der Waals surface area contributed by atoms with Crippen LogP contribution in [0.15, 0.2) is 133 Å². The molecule has 0 aromatic heterocycles.